The monoisotopic (exact) mass is 1030 g/mol. The molecule has 2 rings (SSSR count). The fourth-order valence-corrected chi connectivity index (χ4v) is 11.1. The minimum absolute atomic E-state index is 0.0191. The third-order valence-corrected chi connectivity index (χ3v) is 16.2. The highest BCUT2D eigenvalue weighted by atomic mass is 32.2. The number of benzene rings is 2. The van der Waals surface area contributed by atoms with Gasteiger partial charge in [-0.15, -0.1) is 0 Å². The zero-order valence-corrected chi connectivity index (χ0v) is 48.6. The molecule has 0 spiro atoms. The van der Waals surface area contributed by atoms with Gasteiger partial charge < -0.3 is 19.7 Å². The van der Waals surface area contributed by atoms with Crippen molar-refractivity contribution in [1.29, 1.82) is 0 Å². The molecule has 0 saturated carbocycles. The molecule has 0 atom stereocenters. The van der Waals surface area contributed by atoms with Gasteiger partial charge in [-0.05, 0) is 49.2 Å². The lowest BCUT2D eigenvalue weighted by atomic mass is 10.0. The number of phenolic OH excluding ortho intramolecular Hbond substituents is 2. The van der Waals surface area contributed by atoms with Gasteiger partial charge in [0.25, 0.3) is 0 Å². The van der Waals surface area contributed by atoms with Crippen LogP contribution in [0.5, 0.6) is 11.5 Å². The Kier molecular flexibility index (Phi) is 45.7. The van der Waals surface area contributed by atoms with E-state index < -0.39 is 11.9 Å². The molecule has 2 aromatic carbocycles. The van der Waals surface area contributed by atoms with Crippen molar-refractivity contribution in [3.05, 3.63) is 47.5 Å². The summed E-state index contributed by atoms with van der Waals surface area (Å²) in [5, 5.41) is 21.3. The summed E-state index contributed by atoms with van der Waals surface area (Å²) < 4.78 is 11.2. The Balaban J connectivity index is 1.43. The third-order valence-electron chi connectivity index (χ3n) is 15.1. The van der Waals surface area contributed by atoms with Crippen LogP contribution < -0.4 is 0 Å². The zero-order chi connectivity index (χ0) is 52.3. The van der Waals surface area contributed by atoms with Crippen LogP contribution >= 0.6 is 11.8 Å². The fourth-order valence-electron chi connectivity index (χ4n) is 10.2. The molecule has 0 aliphatic heterocycles. The first-order valence-corrected chi connectivity index (χ1v) is 32.5. The number of unbranched alkanes of at least 4 members (excludes halogenated alkanes) is 46. The smallest absolute Gasteiger partial charge is 0.338 e. The van der Waals surface area contributed by atoms with Gasteiger partial charge in [0.1, 0.15) is 11.5 Å². The molecule has 0 radical (unpaired) electrons. The highest BCUT2D eigenvalue weighted by molar-refractivity contribution is 7.99. The van der Waals surface area contributed by atoms with E-state index in [9.17, 15) is 19.8 Å². The standard InChI is InChI=1S/C66H114O6S/c1-3-5-7-9-11-13-15-17-19-21-23-25-27-29-31-33-35-37-39-41-43-45-47-49-55-71-65(69)59-51-53-61(67)63(57-59)73-64-58-60(52-54-62(64)68)66(70)72-56-50-48-46-44-42-40-38-36-34-32-30-28-26-24-22-20-18-16-14-12-10-8-6-4-2/h51-54,57-58,67-68H,3-50,55-56H2,1-2H3. The largest absolute Gasteiger partial charge is 0.507 e. The first-order chi connectivity index (χ1) is 36.0. The maximum absolute atomic E-state index is 12.9. The van der Waals surface area contributed by atoms with Gasteiger partial charge in [-0.25, -0.2) is 9.59 Å². The van der Waals surface area contributed by atoms with Crippen molar-refractivity contribution in [2.24, 2.45) is 0 Å². The zero-order valence-electron chi connectivity index (χ0n) is 47.8. The molecule has 0 fully saturated rings. The molecule has 0 aliphatic rings. The number of aromatic hydroxyl groups is 2. The second kappa shape index (κ2) is 50.2. The molecule has 2 aromatic rings. The number of hydrogen-bond acceptors (Lipinski definition) is 7. The van der Waals surface area contributed by atoms with E-state index in [1.807, 2.05) is 0 Å². The van der Waals surface area contributed by atoms with Crippen LogP contribution in [0, 0.1) is 0 Å². The highest BCUT2D eigenvalue weighted by Crippen LogP contribution is 2.40. The summed E-state index contributed by atoms with van der Waals surface area (Å²) >= 11 is 1.10. The number of ether oxygens (including phenoxy) is 2. The molecule has 420 valence electrons. The lowest BCUT2D eigenvalue weighted by Crippen LogP contribution is -2.07. The Morgan fingerprint density at radius 2 is 0.507 bits per heavy atom. The van der Waals surface area contributed by atoms with Gasteiger partial charge in [0.15, 0.2) is 0 Å². The SMILES string of the molecule is CCCCCCCCCCCCCCCCCCCCCCCCCCOC(=O)c1ccc(O)c(Sc2cc(C(=O)OCCCCCCCCCCCCCCCCCCCCCCCCCC)ccc2O)c1. The molecule has 7 heteroatoms. The van der Waals surface area contributed by atoms with Gasteiger partial charge in [-0.3, -0.25) is 0 Å². The van der Waals surface area contributed by atoms with Crippen molar-refractivity contribution in [2.75, 3.05) is 13.2 Å². The van der Waals surface area contributed by atoms with Crippen LogP contribution in [-0.2, 0) is 9.47 Å². The molecule has 0 amide bonds. The molecule has 6 nitrogen and oxygen atoms in total. The van der Waals surface area contributed by atoms with E-state index in [1.54, 1.807) is 24.3 Å². The first-order valence-electron chi connectivity index (χ1n) is 31.6. The van der Waals surface area contributed by atoms with Crippen molar-refractivity contribution in [1.82, 2.24) is 0 Å². The molecule has 0 heterocycles. The quantitative estimate of drug-likeness (QED) is 0.0504. The average molecular weight is 1040 g/mol. The van der Waals surface area contributed by atoms with E-state index >= 15 is 0 Å². The number of rotatable bonds is 54. The lowest BCUT2D eigenvalue weighted by molar-refractivity contribution is 0.0488. The van der Waals surface area contributed by atoms with E-state index in [2.05, 4.69) is 13.8 Å². The van der Waals surface area contributed by atoms with E-state index in [0.29, 0.717) is 34.1 Å². The maximum Gasteiger partial charge on any atom is 0.338 e. The summed E-state index contributed by atoms with van der Waals surface area (Å²) in [6, 6.07) is 9.20. The Morgan fingerprint density at radius 3 is 0.712 bits per heavy atom. The number of phenols is 2. The summed E-state index contributed by atoms with van der Waals surface area (Å²) in [5.41, 5.74) is 0.676. The highest BCUT2D eigenvalue weighted by Gasteiger charge is 2.16. The minimum atomic E-state index is -0.432. The van der Waals surface area contributed by atoms with Crippen molar-refractivity contribution in [3.63, 3.8) is 0 Å². The molecular formula is C66H114O6S. The van der Waals surface area contributed by atoms with Crippen LogP contribution in [0.1, 0.15) is 343 Å². The second-order valence-electron chi connectivity index (χ2n) is 22.0. The van der Waals surface area contributed by atoms with Gasteiger partial charge in [-0.2, -0.15) is 0 Å². The Hall–Kier alpha value is -2.67. The minimum Gasteiger partial charge on any atom is -0.507 e. The summed E-state index contributed by atoms with van der Waals surface area (Å²) in [6.07, 6.45) is 64.7. The van der Waals surface area contributed by atoms with Crippen LogP contribution in [-0.4, -0.2) is 35.4 Å². The van der Waals surface area contributed by atoms with Crippen LogP contribution in [0.2, 0.25) is 0 Å². The van der Waals surface area contributed by atoms with Crippen molar-refractivity contribution < 1.29 is 29.3 Å². The number of hydrogen-bond donors (Lipinski definition) is 2. The molecule has 0 aliphatic carbocycles. The summed E-state index contributed by atoms with van der Waals surface area (Å²) in [7, 11) is 0. The van der Waals surface area contributed by atoms with Crippen LogP contribution in [0.4, 0.5) is 0 Å². The van der Waals surface area contributed by atoms with Crippen LogP contribution in [0.15, 0.2) is 46.2 Å². The van der Waals surface area contributed by atoms with Gasteiger partial charge in [0, 0.05) is 0 Å². The first kappa shape index (κ1) is 66.4. The van der Waals surface area contributed by atoms with Gasteiger partial charge in [0.2, 0.25) is 0 Å². The van der Waals surface area contributed by atoms with Crippen LogP contribution in [0.25, 0.3) is 0 Å². The van der Waals surface area contributed by atoms with Crippen LogP contribution in [0.3, 0.4) is 0 Å². The Morgan fingerprint density at radius 1 is 0.315 bits per heavy atom. The Bertz CT molecular complexity index is 1450. The van der Waals surface area contributed by atoms with Crippen molar-refractivity contribution >= 4 is 23.7 Å². The van der Waals surface area contributed by atoms with Gasteiger partial charge in [-0.1, -0.05) is 321 Å². The molecule has 73 heavy (non-hydrogen) atoms. The maximum atomic E-state index is 12.9. The number of esters is 2. The van der Waals surface area contributed by atoms with E-state index in [4.69, 9.17) is 9.47 Å². The normalized spacial score (nSPS) is 11.4. The number of carbonyl (C=O) groups is 2. The topological polar surface area (TPSA) is 93.1 Å². The van der Waals surface area contributed by atoms with E-state index in [-0.39, 0.29) is 11.5 Å². The van der Waals surface area contributed by atoms with E-state index in [1.165, 1.54) is 282 Å². The molecule has 2 N–H and O–H groups in total. The fraction of sp³-hybridized carbons (Fsp3) is 0.788. The lowest BCUT2D eigenvalue weighted by Gasteiger charge is -2.11. The van der Waals surface area contributed by atoms with Crippen molar-refractivity contribution in [3.8, 4) is 11.5 Å². The molecule has 0 bridgehead atoms. The van der Waals surface area contributed by atoms with Gasteiger partial charge in [0.05, 0.1) is 34.1 Å². The van der Waals surface area contributed by atoms with E-state index in [0.717, 1.165) is 50.3 Å². The second-order valence-corrected chi connectivity index (χ2v) is 23.1. The van der Waals surface area contributed by atoms with Crippen molar-refractivity contribution in [2.45, 2.75) is 332 Å². The predicted molar refractivity (Wildman–Crippen MR) is 314 cm³/mol. The third kappa shape index (κ3) is 39.4. The van der Waals surface area contributed by atoms with Gasteiger partial charge >= 0.3 is 11.9 Å². The molecule has 0 aromatic heterocycles. The molecule has 0 saturated heterocycles. The average Bonchev–Trinajstić information content (AvgIpc) is 3.39. The summed E-state index contributed by atoms with van der Waals surface area (Å²) in [5.74, 6) is -0.903. The predicted octanol–water partition coefficient (Wildman–Crippen LogP) is 22.3. The summed E-state index contributed by atoms with van der Waals surface area (Å²) in [4.78, 5) is 26.6. The summed E-state index contributed by atoms with van der Waals surface area (Å²) in [6.45, 7) is 5.32. The Labute approximate surface area is 454 Å². The number of carbonyl (C=O) groups excluding carboxylic acids is 2. The molecule has 0 unspecified atom stereocenters. The molecular weight excluding hydrogens is 921 g/mol.